The standard InChI is InChI=1S/C24H38N2O3/c1-4-6-8-10-11-12-16-26-21-18-19(25)14-15-20(21)22(23(28-3)24(26)27)29-17-13-9-7-5-2/h14-15,18H,4-13,16-17,25H2,1-3H3. The van der Waals surface area contributed by atoms with Crippen LogP contribution in [-0.2, 0) is 6.54 Å². The number of unbranched alkanes of at least 4 members (excludes halogenated alkanes) is 8. The topological polar surface area (TPSA) is 66.5 Å². The quantitative estimate of drug-likeness (QED) is 0.315. The molecule has 0 aliphatic carbocycles. The number of aromatic nitrogens is 1. The summed E-state index contributed by atoms with van der Waals surface area (Å²) in [6.45, 7) is 5.65. The summed E-state index contributed by atoms with van der Waals surface area (Å²) in [6.07, 6.45) is 11.5. The monoisotopic (exact) mass is 402 g/mol. The normalized spacial score (nSPS) is 11.1. The van der Waals surface area contributed by atoms with Crippen molar-refractivity contribution in [1.82, 2.24) is 4.57 Å². The van der Waals surface area contributed by atoms with Crippen molar-refractivity contribution in [2.45, 2.75) is 84.6 Å². The number of fused-ring (bicyclic) bond motifs is 1. The molecule has 0 fully saturated rings. The highest BCUT2D eigenvalue weighted by Crippen LogP contribution is 2.34. The minimum atomic E-state index is -0.136. The molecule has 1 aromatic carbocycles. The molecule has 0 unspecified atom stereocenters. The van der Waals surface area contributed by atoms with Gasteiger partial charge in [-0.2, -0.15) is 0 Å². The van der Waals surface area contributed by atoms with Gasteiger partial charge in [-0.25, -0.2) is 0 Å². The number of hydrogen-bond donors (Lipinski definition) is 1. The summed E-state index contributed by atoms with van der Waals surface area (Å²) in [5.74, 6) is 0.840. The van der Waals surface area contributed by atoms with Crippen LogP contribution in [0.2, 0.25) is 0 Å². The van der Waals surface area contributed by atoms with Crippen molar-refractivity contribution < 1.29 is 9.47 Å². The van der Waals surface area contributed by atoms with Crippen molar-refractivity contribution in [3.8, 4) is 11.5 Å². The first-order chi connectivity index (χ1) is 14.1. The minimum absolute atomic E-state index is 0.136. The lowest BCUT2D eigenvalue weighted by Gasteiger charge is -2.18. The van der Waals surface area contributed by atoms with Crippen molar-refractivity contribution in [3.63, 3.8) is 0 Å². The van der Waals surface area contributed by atoms with Crippen LogP contribution in [-0.4, -0.2) is 18.3 Å². The zero-order valence-corrected chi connectivity index (χ0v) is 18.5. The fourth-order valence-corrected chi connectivity index (χ4v) is 3.71. The van der Waals surface area contributed by atoms with Crippen molar-refractivity contribution in [2.24, 2.45) is 0 Å². The molecule has 0 saturated heterocycles. The second-order valence-electron chi connectivity index (χ2n) is 7.77. The zero-order chi connectivity index (χ0) is 21.1. The van der Waals surface area contributed by atoms with Gasteiger partial charge in [-0.15, -0.1) is 0 Å². The van der Waals surface area contributed by atoms with E-state index in [9.17, 15) is 4.79 Å². The molecule has 0 aliphatic heterocycles. The molecule has 2 rings (SSSR count). The molecule has 2 aromatic rings. The smallest absolute Gasteiger partial charge is 0.297 e. The molecular formula is C24H38N2O3. The molecule has 5 nitrogen and oxygen atoms in total. The Kier molecular flexibility index (Phi) is 9.89. The third kappa shape index (κ3) is 6.41. The van der Waals surface area contributed by atoms with Gasteiger partial charge in [-0.3, -0.25) is 4.79 Å². The number of nitrogens with zero attached hydrogens (tertiary/aromatic N) is 1. The molecular weight excluding hydrogens is 364 g/mol. The predicted octanol–water partition coefficient (Wildman–Crippen LogP) is 5.91. The average Bonchev–Trinajstić information content (AvgIpc) is 2.72. The van der Waals surface area contributed by atoms with Crippen LogP contribution in [0, 0.1) is 0 Å². The van der Waals surface area contributed by atoms with E-state index in [2.05, 4.69) is 13.8 Å². The predicted molar refractivity (Wildman–Crippen MR) is 122 cm³/mol. The molecule has 0 radical (unpaired) electrons. The maximum atomic E-state index is 13.2. The first kappa shape index (κ1) is 23.1. The van der Waals surface area contributed by atoms with E-state index in [4.69, 9.17) is 15.2 Å². The SMILES string of the molecule is CCCCCCCCn1c(=O)c(OC)c(OCCCCCC)c2ccc(N)cc21. The number of anilines is 1. The van der Waals surface area contributed by atoms with E-state index in [0.29, 0.717) is 30.3 Å². The summed E-state index contributed by atoms with van der Waals surface area (Å²) in [5.41, 5.74) is 7.38. The van der Waals surface area contributed by atoms with Gasteiger partial charge in [-0.1, -0.05) is 65.2 Å². The number of rotatable bonds is 14. The largest absolute Gasteiger partial charge is 0.489 e. The molecule has 2 N–H and O–H groups in total. The molecule has 0 atom stereocenters. The Morgan fingerprint density at radius 1 is 0.897 bits per heavy atom. The van der Waals surface area contributed by atoms with E-state index in [1.54, 1.807) is 11.7 Å². The Morgan fingerprint density at radius 3 is 2.24 bits per heavy atom. The van der Waals surface area contributed by atoms with Crippen LogP contribution >= 0.6 is 0 Å². The van der Waals surface area contributed by atoms with Gasteiger partial charge in [0.05, 0.1) is 19.2 Å². The minimum Gasteiger partial charge on any atom is -0.489 e. The van der Waals surface area contributed by atoms with Crippen LogP contribution in [0.4, 0.5) is 5.69 Å². The van der Waals surface area contributed by atoms with E-state index in [1.807, 2.05) is 18.2 Å². The third-order valence-electron chi connectivity index (χ3n) is 5.39. The molecule has 0 saturated carbocycles. The summed E-state index contributed by atoms with van der Waals surface area (Å²) in [5, 5.41) is 0.886. The molecule has 0 amide bonds. The number of aryl methyl sites for hydroxylation is 1. The molecule has 1 heterocycles. The Labute approximate surface area is 175 Å². The highest BCUT2D eigenvalue weighted by Gasteiger charge is 2.19. The van der Waals surface area contributed by atoms with E-state index in [0.717, 1.165) is 36.6 Å². The Bertz CT molecular complexity index is 814. The molecule has 29 heavy (non-hydrogen) atoms. The Balaban J connectivity index is 2.27. The number of pyridine rings is 1. The van der Waals surface area contributed by atoms with Crippen LogP contribution in [0.5, 0.6) is 11.5 Å². The van der Waals surface area contributed by atoms with Gasteiger partial charge >= 0.3 is 0 Å². The number of nitrogens with two attached hydrogens (primary N) is 1. The zero-order valence-electron chi connectivity index (χ0n) is 18.5. The fourth-order valence-electron chi connectivity index (χ4n) is 3.71. The third-order valence-corrected chi connectivity index (χ3v) is 5.39. The van der Waals surface area contributed by atoms with Crippen molar-refractivity contribution in [2.75, 3.05) is 19.5 Å². The first-order valence-corrected chi connectivity index (χ1v) is 11.3. The number of methoxy groups -OCH3 is 1. The van der Waals surface area contributed by atoms with Gasteiger partial charge in [0.2, 0.25) is 5.75 Å². The van der Waals surface area contributed by atoms with Gasteiger partial charge in [0.15, 0.2) is 5.75 Å². The van der Waals surface area contributed by atoms with Crippen molar-refractivity contribution in [1.29, 1.82) is 0 Å². The molecule has 0 spiro atoms. The Hall–Kier alpha value is -2.17. The lowest BCUT2D eigenvalue weighted by Crippen LogP contribution is -2.23. The molecule has 0 bridgehead atoms. The van der Waals surface area contributed by atoms with Gasteiger partial charge in [0, 0.05) is 17.6 Å². The molecule has 5 heteroatoms. The van der Waals surface area contributed by atoms with E-state index >= 15 is 0 Å². The second-order valence-corrected chi connectivity index (χ2v) is 7.77. The maximum absolute atomic E-state index is 13.2. The molecule has 1 aromatic heterocycles. The summed E-state index contributed by atoms with van der Waals surface area (Å²) < 4.78 is 13.4. The van der Waals surface area contributed by atoms with Crippen LogP contribution < -0.4 is 20.8 Å². The first-order valence-electron chi connectivity index (χ1n) is 11.3. The van der Waals surface area contributed by atoms with E-state index in [-0.39, 0.29) is 5.56 Å². The average molecular weight is 403 g/mol. The van der Waals surface area contributed by atoms with E-state index in [1.165, 1.54) is 38.5 Å². The van der Waals surface area contributed by atoms with E-state index < -0.39 is 0 Å². The number of hydrogen-bond acceptors (Lipinski definition) is 4. The number of benzene rings is 1. The maximum Gasteiger partial charge on any atom is 0.297 e. The summed E-state index contributed by atoms with van der Waals surface area (Å²) in [7, 11) is 1.54. The molecule has 162 valence electrons. The summed E-state index contributed by atoms with van der Waals surface area (Å²) in [4.78, 5) is 13.2. The summed E-state index contributed by atoms with van der Waals surface area (Å²) >= 11 is 0. The molecule has 0 aliphatic rings. The second kappa shape index (κ2) is 12.4. The highest BCUT2D eigenvalue weighted by atomic mass is 16.5. The Morgan fingerprint density at radius 2 is 1.55 bits per heavy atom. The van der Waals surface area contributed by atoms with Crippen LogP contribution in [0.15, 0.2) is 23.0 Å². The van der Waals surface area contributed by atoms with Crippen LogP contribution in [0.3, 0.4) is 0 Å². The number of ether oxygens (including phenoxy) is 2. The lowest BCUT2D eigenvalue weighted by atomic mass is 10.1. The van der Waals surface area contributed by atoms with Gasteiger partial charge in [0.1, 0.15) is 0 Å². The van der Waals surface area contributed by atoms with Gasteiger partial charge in [0.25, 0.3) is 5.56 Å². The van der Waals surface area contributed by atoms with Crippen LogP contribution in [0.25, 0.3) is 10.9 Å². The van der Waals surface area contributed by atoms with Gasteiger partial charge < -0.3 is 19.8 Å². The van der Waals surface area contributed by atoms with Crippen LogP contribution in [0.1, 0.15) is 78.1 Å². The highest BCUT2D eigenvalue weighted by molar-refractivity contribution is 5.90. The number of nitrogen functional groups attached to an aromatic ring is 1. The summed E-state index contributed by atoms with van der Waals surface area (Å²) in [6, 6.07) is 5.66. The van der Waals surface area contributed by atoms with Crippen molar-refractivity contribution >= 4 is 16.6 Å². The lowest BCUT2D eigenvalue weighted by molar-refractivity contribution is 0.285. The van der Waals surface area contributed by atoms with Gasteiger partial charge in [-0.05, 0) is 31.0 Å². The van der Waals surface area contributed by atoms with Crippen molar-refractivity contribution in [3.05, 3.63) is 28.6 Å². The fraction of sp³-hybridized carbons (Fsp3) is 0.625.